The number of ether oxygens (including phenoxy) is 1. The Morgan fingerprint density at radius 2 is 2.13 bits per heavy atom. The molecule has 2 N–H and O–H groups in total. The van der Waals surface area contributed by atoms with Crippen LogP contribution >= 0.6 is 0 Å². The first-order valence-electron chi connectivity index (χ1n) is 10.5. The van der Waals surface area contributed by atoms with Crippen LogP contribution in [0.3, 0.4) is 0 Å². The lowest BCUT2D eigenvalue weighted by Crippen LogP contribution is -2.37. The summed E-state index contributed by atoms with van der Waals surface area (Å²) in [6.45, 7) is 3.12. The molecular formula is C22H25N5O3. The fraction of sp³-hybridized carbons (Fsp3) is 0.409. The van der Waals surface area contributed by atoms with Gasteiger partial charge < -0.3 is 19.4 Å². The molecule has 5 heterocycles. The molecule has 156 valence electrons. The minimum Gasteiger partial charge on any atom is -0.381 e. The highest BCUT2D eigenvalue weighted by molar-refractivity contribution is 5.97. The molecule has 3 aromatic heterocycles. The Morgan fingerprint density at radius 1 is 1.27 bits per heavy atom. The number of pyridine rings is 1. The molecule has 1 fully saturated rings. The van der Waals surface area contributed by atoms with E-state index in [0.717, 1.165) is 42.8 Å². The molecule has 1 saturated heterocycles. The molecule has 8 heteroatoms. The standard InChI is InChI=1S/C22H25N5O3/c28-21(23-12-15-5-9-30-10-6-15)20-18-14-27(8-4-19(18)24-25-20)22(29)16-11-17-3-1-2-7-26(17)13-16/h1-3,7,11,13,15H,4-6,8-10,12,14H2,(H,23,28)(H,24,25). The van der Waals surface area contributed by atoms with Gasteiger partial charge in [0.15, 0.2) is 5.69 Å². The summed E-state index contributed by atoms with van der Waals surface area (Å²) in [5, 5.41) is 10.3. The maximum absolute atomic E-state index is 13.1. The summed E-state index contributed by atoms with van der Waals surface area (Å²) in [5.74, 6) is 0.238. The summed E-state index contributed by atoms with van der Waals surface area (Å²) in [5.41, 5.74) is 3.80. The van der Waals surface area contributed by atoms with E-state index >= 15 is 0 Å². The lowest BCUT2D eigenvalue weighted by molar-refractivity contribution is 0.0641. The molecule has 3 aromatic rings. The van der Waals surface area contributed by atoms with E-state index in [0.29, 0.717) is 43.2 Å². The first-order valence-corrected chi connectivity index (χ1v) is 10.5. The Balaban J connectivity index is 1.29. The summed E-state index contributed by atoms with van der Waals surface area (Å²) in [6, 6.07) is 7.76. The Hall–Kier alpha value is -3.13. The molecule has 0 aromatic carbocycles. The van der Waals surface area contributed by atoms with Crippen LogP contribution in [0, 0.1) is 5.92 Å². The van der Waals surface area contributed by atoms with Gasteiger partial charge in [0.1, 0.15) is 0 Å². The second-order valence-corrected chi connectivity index (χ2v) is 8.03. The zero-order valence-corrected chi connectivity index (χ0v) is 16.8. The van der Waals surface area contributed by atoms with Crippen LogP contribution in [0.2, 0.25) is 0 Å². The number of H-pyrrole nitrogens is 1. The number of nitrogens with zero attached hydrogens (tertiary/aromatic N) is 3. The molecule has 0 aliphatic carbocycles. The van der Waals surface area contributed by atoms with Gasteiger partial charge in [-0.25, -0.2) is 0 Å². The number of fused-ring (bicyclic) bond motifs is 2. The number of hydrogen-bond acceptors (Lipinski definition) is 4. The molecule has 2 aliphatic heterocycles. The number of nitrogens with one attached hydrogen (secondary N) is 2. The third kappa shape index (κ3) is 3.59. The van der Waals surface area contributed by atoms with Crippen LogP contribution in [-0.2, 0) is 17.7 Å². The number of hydrogen-bond donors (Lipinski definition) is 2. The number of rotatable bonds is 4. The van der Waals surface area contributed by atoms with E-state index in [4.69, 9.17) is 4.74 Å². The number of carbonyl (C=O) groups excluding carboxylic acids is 2. The van der Waals surface area contributed by atoms with E-state index < -0.39 is 0 Å². The maximum Gasteiger partial charge on any atom is 0.272 e. The second-order valence-electron chi connectivity index (χ2n) is 8.03. The van der Waals surface area contributed by atoms with Crippen molar-refractivity contribution in [2.75, 3.05) is 26.3 Å². The van der Waals surface area contributed by atoms with Crippen LogP contribution in [0.15, 0.2) is 36.7 Å². The van der Waals surface area contributed by atoms with Crippen LogP contribution in [0.5, 0.6) is 0 Å². The molecule has 2 aliphatic rings. The molecule has 2 amide bonds. The quantitative estimate of drug-likeness (QED) is 0.692. The normalized spacial score (nSPS) is 17.1. The van der Waals surface area contributed by atoms with E-state index in [1.165, 1.54) is 0 Å². The first-order chi connectivity index (χ1) is 14.7. The van der Waals surface area contributed by atoms with Crippen molar-refractivity contribution in [3.8, 4) is 0 Å². The summed E-state index contributed by atoms with van der Waals surface area (Å²) < 4.78 is 7.31. The minimum atomic E-state index is -0.178. The van der Waals surface area contributed by atoms with Crippen molar-refractivity contribution < 1.29 is 14.3 Å². The second kappa shape index (κ2) is 7.95. The highest BCUT2D eigenvalue weighted by Crippen LogP contribution is 2.23. The molecule has 8 nitrogen and oxygen atoms in total. The van der Waals surface area contributed by atoms with Crippen LogP contribution in [0.1, 0.15) is 44.9 Å². The van der Waals surface area contributed by atoms with Crippen LogP contribution in [-0.4, -0.2) is 57.6 Å². The third-order valence-corrected chi connectivity index (χ3v) is 6.08. The van der Waals surface area contributed by atoms with Crippen LogP contribution in [0.25, 0.3) is 5.52 Å². The van der Waals surface area contributed by atoms with Crippen molar-refractivity contribution >= 4 is 17.3 Å². The van der Waals surface area contributed by atoms with Gasteiger partial charge in [-0.3, -0.25) is 14.7 Å². The molecule has 0 atom stereocenters. The molecule has 0 radical (unpaired) electrons. The van der Waals surface area contributed by atoms with Gasteiger partial charge >= 0.3 is 0 Å². The fourth-order valence-electron chi connectivity index (χ4n) is 4.28. The van der Waals surface area contributed by atoms with E-state index in [9.17, 15) is 9.59 Å². The Kier molecular flexibility index (Phi) is 5.00. The molecule has 0 saturated carbocycles. The predicted molar refractivity (Wildman–Crippen MR) is 110 cm³/mol. The smallest absolute Gasteiger partial charge is 0.272 e. The summed E-state index contributed by atoms with van der Waals surface area (Å²) in [7, 11) is 0. The van der Waals surface area contributed by atoms with Gasteiger partial charge in [-0.05, 0) is 37.0 Å². The lowest BCUT2D eigenvalue weighted by atomic mass is 10.00. The first kappa shape index (κ1) is 18.9. The van der Waals surface area contributed by atoms with Gasteiger partial charge in [0.25, 0.3) is 11.8 Å². The van der Waals surface area contributed by atoms with Gasteiger partial charge in [-0.15, -0.1) is 0 Å². The van der Waals surface area contributed by atoms with Crippen molar-refractivity contribution in [2.24, 2.45) is 5.92 Å². The van der Waals surface area contributed by atoms with Crippen molar-refractivity contribution in [2.45, 2.75) is 25.8 Å². The zero-order chi connectivity index (χ0) is 20.5. The van der Waals surface area contributed by atoms with Gasteiger partial charge in [0, 0.05) is 61.9 Å². The van der Waals surface area contributed by atoms with Crippen molar-refractivity contribution in [3.63, 3.8) is 0 Å². The number of aromatic amines is 1. The molecule has 30 heavy (non-hydrogen) atoms. The average Bonchev–Trinajstić information content (AvgIpc) is 3.41. The average molecular weight is 407 g/mol. The monoisotopic (exact) mass is 407 g/mol. The Labute approximate surface area is 174 Å². The zero-order valence-electron chi connectivity index (χ0n) is 16.8. The van der Waals surface area contributed by atoms with Crippen LogP contribution < -0.4 is 5.32 Å². The third-order valence-electron chi connectivity index (χ3n) is 6.08. The van der Waals surface area contributed by atoms with Gasteiger partial charge in [0.2, 0.25) is 0 Å². The van der Waals surface area contributed by atoms with Gasteiger partial charge in [-0.2, -0.15) is 5.10 Å². The summed E-state index contributed by atoms with van der Waals surface area (Å²) >= 11 is 0. The highest BCUT2D eigenvalue weighted by Gasteiger charge is 2.29. The number of amides is 2. The van der Waals surface area contributed by atoms with Gasteiger partial charge in [-0.1, -0.05) is 6.07 Å². The van der Waals surface area contributed by atoms with Gasteiger partial charge in [0.05, 0.1) is 12.1 Å². The van der Waals surface area contributed by atoms with Crippen molar-refractivity contribution in [1.82, 2.24) is 24.8 Å². The van der Waals surface area contributed by atoms with Crippen molar-refractivity contribution in [3.05, 3.63) is 59.2 Å². The lowest BCUT2D eigenvalue weighted by Gasteiger charge is -2.27. The molecule has 0 bridgehead atoms. The van der Waals surface area contributed by atoms with E-state index in [1.807, 2.05) is 41.1 Å². The minimum absolute atomic E-state index is 0.0286. The number of aromatic nitrogens is 3. The highest BCUT2D eigenvalue weighted by atomic mass is 16.5. The topological polar surface area (TPSA) is 91.7 Å². The molecular weight excluding hydrogens is 382 g/mol. The molecule has 0 unspecified atom stereocenters. The van der Waals surface area contributed by atoms with E-state index in [-0.39, 0.29) is 11.8 Å². The SMILES string of the molecule is O=C(NCC1CCOCC1)c1n[nH]c2c1CN(C(=O)c1cc3ccccn3c1)CC2. The fourth-order valence-corrected chi connectivity index (χ4v) is 4.28. The Bertz CT molecular complexity index is 1050. The largest absolute Gasteiger partial charge is 0.381 e. The van der Waals surface area contributed by atoms with Crippen molar-refractivity contribution in [1.29, 1.82) is 0 Å². The van der Waals surface area contributed by atoms with E-state index in [1.54, 1.807) is 4.90 Å². The van der Waals surface area contributed by atoms with Crippen LogP contribution in [0.4, 0.5) is 0 Å². The maximum atomic E-state index is 13.1. The van der Waals surface area contributed by atoms with E-state index in [2.05, 4.69) is 15.5 Å². The Morgan fingerprint density at radius 3 is 2.97 bits per heavy atom. The summed E-state index contributed by atoms with van der Waals surface area (Å²) in [6.07, 6.45) is 6.37. The molecule has 0 spiro atoms. The predicted octanol–water partition coefficient (Wildman–Crippen LogP) is 2.02. The summed E-state index contributed by atoms with van der Waals surface area (Å²) in [4.78, 5) is 27.6. The number of carbonyl (C=O) groups is 2. The molecule has 5 rings (SSSR count).